The predicted octanol–water partition coefficient (Wildman–Crippen LogP) is 2.69. The summed E-state index contributed by atoms with van der Waals surface area (Å²) in [5.74, 6) is 0.218. The largest absolute Gasteiger partial charge is 0.444 e. The van der Waals surface area contributed by atoms with Crippen LogP contribution in [0, 0.1) is 5.92 Å². The molecule has 5 heteroatoms. The van der Waals surface area contributed by atoms with Gasteiger partial charge >= 0.3 is 6.09 Å². The number of ether oxygens (including phenoxy) is 1. The zero-order valence-electron chi connectivity index (χ0n) is 13.5. The number of carbonyl (C=O) groups is 2. The van der Waals surface area contributed by atoms with Gasteiger partial charge in [-0.1, -0.05) is 12.8 Å². The van der Waals surface area contributed by atoms with E-state index in [1.807, 2.05) is 20.8 Å². The van der Waals surface area contributed by atoms with Crippen molar-refractivity contribution in [2.24, 2.45) is 5.92 Å². The van der Waals surface area contributed by atoms with E-state index in [-0.39, 0.29) is 17.9 Å². The fourth-order valence-electron chi connectivity index (χ4n) is 3.04. The van der Waals surface area contributed by atoms with Crippen molar-refractivity contribution in [2.75, 3.05) is 13.1 Å². The zero-order chi connectivity index (χ0) is 15.5. The molecule has 0 bridgehead atoms. The summed E-state index contributed by atoms with van der Waals surface area (Å²) in [7, 11) is 0. The number of amides is 2. The molecule has 2 amide bonds. The van der Waals surface area contributed by atoms with Gasteiger partial charge < -0.3 is 15.0 Å². The number of likely N-dealkylation sites (tertiary alicyclic amines) is 1. The molecule has 0 radical (unpaired) electrons. The Morgan fingerprint density at radius 1 is 1.05 bits per heavy atom. The Kier molecular flexibility index (Phi) is 5.12. The second kappa shape index (κ2) is 6.67. The Hall–Kier alpha value is -1.26. The third-order valence-corrected chi connectivity index (χ3v) is 4.22. The lowest BCUT2D eigenvalue weighted by molar-refractivity contribution is -0.127. The van der Waals surface area contributed by atoms with E-state index in [1.54, 1.807) is 4.90 Å². The molecule has 2 aliphatic rings. The van der Waals surface area contributed by atoms with Crippen molar-refractivity contribution >= 4 is 12.0 Å². The van der Waals surface area contributed by atoms with Gasteiger partial charge in [-0.3, -0.25) is 4.79 Å². The smallest absolute Gasteiger partial charge is 0.410 e. The number of carbonyl (C=O) groups excluding carboxylic acids is 2. The molecule has 0 spiro atoms. The second-order valence-electron chi connectivity index (χ2n) is 7.23. The van der Waals surface area contributed by atoms with Gasteiger partial charge in [0, 0.05) is 25.0 Å². The maximum absolute atomic E-state index is 12.2. The third-order valence-electron chi connectivity index (χ3n) is 4.22. The van der Waals surface area contributed by atoms with Crippen LogP contribution < -0.4 is 5.32 Å². The van der Waals surface area contributed by atoms with Gasteiger partial charge in [-0.05, 0) is 46.5 Å². The Bertz CT molecular complexity index is 375. The highest BCUT2D eigenvalue weighted by molar-refractivity contribution is 5.79. The lowest BCUT2D eigenvalue weighted by Gasteiger charge is -2.33. The minimum absolute atomic E-state index is 0.0456. The first-order chi connectivity index (χ1) is 9.85. The normalized spacial score (nSPS) is 21.4. The van der Waals surface area contributed by atoms with E-state index in [0.29, 0.717) is 19.1 Å². The van der Waals surface area contributed by atoms with Gasteiger partial charge in [0.2, 0.25) is 5.91 Å². The van der Waals surface area contributed by atoms with Gasteiger partial charge in [-0.15, -0.1) is 0 Å². The van der Waals surface area contributed by atoms with E-state index in [0.717, 1.165) is 25.7 Å². The third kappa shape index (κ3) is 4.90. The van der Waals surface area contributed by atoms with Crippen LogP contribution in [0.2, 0.25) is 0 Å². The van der Waals surface area contributed by atoms with Crippen molar-refractivity contribution in [1.29, 1.82) is 0 Å². The SMILES string of the molecule is CC(C)(C)OC(=O)N1CCC(C(=O)NC2CCCC2)CC1. The predicted molar refractivity (Wildman–Crippen MR) is 80.9 cm³/mol. The quantitative estimate of drug-likeness (QED) is 0.852. The molecule has 1 N–H and O–H groups in total. The van der Waals surface area contributed by atoms with Gasteiger partial charge in [0.05, 0.1) is 0 Å². The van der Waals surface area contributed by atoms with Crippen molar-refractivity contribution in [3.05, 3.63) is 0 Å². The summed E-state index contributed by atoms with van der Waals surface area (Å²) < 4.78 is 5.37. The second-order valence-corrected chi connectivity index (χ2v) is 7.23. The van der Waals surface area contributed by atoms with Gasteiger partial charge in [-0.25, -0.2) is 4.79 Å². The van der Waals surface area contributed by atoms with E-state index >= 15 is 0 Å². The molecule has 0 atom stereocenters. The van der Waals surface area contributed by atoms with E-state index in [9.17, 15) is 9.59 Å². The van der Waals surface area contributed by atoms with Crippen molar-refractivity contribution in [3.63, 3.8) is 0 Å². The standard InChI is InChI=1S/C16H28N2O3/c1-16(2,3)21-15(20)18-10-8-12(9-11-18)14(19)17-13-6-4-5-7-13/h12-13H,4-11H2,1-3H3,(H,17,19). The summed E-state index contributed by atoms with van der Waals surface area (Å²) in [6.07, 6.45) is 5.88. The molecule has 0 unspecified atom stereocenters. The fraction of sp³-hybridized carbons (Fsp3) is 0.875. The Balaban J connectivity index is 1.74. The molecular weight excluding hydrogens is 268 g/mol. The lowest BCUT2D eigenvalue weighted by Crippen LogP contribution is -2.46. The number of rotatable bonds is 2. The summed E-state index contributed by atoms with van der Waals surface area (Å²) in [6.45, 7) is 6.82. The molecule has 2 fully saturated rings. The molecule has 0 aromatic rings. The molecule has 1 heterocycles. The van der Waals surface area contributed by atoms with Crippen LogP contribution >= 0.6 is 0 Å². The van der Waals surface area contributed by atoms with Gasteiger partial charge in [0.1, 0.15) is 5.60 Å². The van der Waals surface area contributed by atoms with Crippen LogP contribution in [-0.4, -0.2) is 41.6 Å². The summed E-state index contributed by atoms with van der Waals surface area (Å²) in [5, 5.41) is 3.16. The molecule has 21 heavy (non-hydrogen) atoms. The van der Waals surface area contributed by atoms with Gasteiger partial charge in [-0.2, -0.15) is 0 Å². The highest BCUT2D eigenvalue weighted by atomic mass is 16.6. The van der Waals surface area contributed by atoms with E-state index in [2.05, 4.69) is 5.32 Å². The maximum atomic E-state index is 12.2. The van der Waals surface area contributed by atoms with Crippen LogP contribution in [0.15, 0.2) is 0 Å². The molecule has 2 rings (SSSR count). The number of nitrogens with zero attached hydrogens (tertiary/aromatic N) is 1. The first-order valence-electron chi connectivity index (χ1n) is 8.13. The summed E-state index contributed by atoms with van der Waals surface area (Å²) in [6, 6.07) is 0.376. The van der Waals surface area contributed by atoms with E-state index in [4.69, 9.17) is 4.74 Å². The highest BCUT2D eigenvalue weighted by Gasteiger charge is 2.30. The van der Waals surface area contributed by atoms with Crippen molar-refractivity contribution in [3.8, 4) is 0 Å². The Labute approximate surface area is 127 Å². The molecule has 0 aromatic carbocycles. The first-order valence-corrected chi connectivity index (χ1v) is 8.13. The molecule has 5 nitrogen and oxygen atoms in total. The summed E-state index contributed by atoms with van der Waals surface area (Å²) in [4.78, 5) is 25.9. The minimum atomic E-state index is -0.465. The van der Waals surface area contributed by atoms with E-state index < -0.39 is 5.60 Å². The topological polar surface area (TPSA) is 58.6 Å². The van der Waals surface area contributed by atoms with Crippen molar-refractivity contribution in [1.82, 2.24) is 10.2 Å². The van der Waals surface area contributed by atoms with Crippen LogP contribution in [0.3, 0.4) is 0 Å². The van der Waals surface area contributed by atoms with Gasteiger partial charge in [0.25, 0.3) is 0 Å². The molecule has 1 saturated heterocycles. The zero-order valence-corrected chi connectivity index (χ0v) is 13.5. The Morgan fingerprint density at radius 2 is 1.62 bits per heavy atom. The van der Waals surface area contributed by atoms with Crippen molar-refractivity contribution in [2.45, 2.75) is 70.9 Å². The van der Waals surface area contributed by atoms with E-state index in [1.165, 1.54) is 12.8 Å². The molecule has 120 valence electrons. The summed E-state index contributed by atoms with van der Waals surface area (Å²) >= 11 is 0. The van der Waals surface area contributed by atoms with Gasteiger partial charge in [0.15, 0.2) is 0 Å². The maximum Gasteiger partial charge on any atom is 0.410 e. The number of nitrogens with one attached hydrogen (secondary N) is 1. The molecule has 1 aliphatic heterocycles. The van der Waals surface area contributed by atoms with Crippen molar-refractivity contribution < 1.29 is 14.3 Å². The Morgan fingerprint density at radius 3 is 2.14 bits per heavy atom. The average molecular weight is 296 g/mol. The fourth-order valence-corrected chi connectivity index (χ4v) is 3.04. The van der Waals surface area contributed by atoms with Crippen LogP contribution in [0.4, 0.5) is 4.79 Å². The monoisotopic (exact) mass is 296 g/mol. The minimum Gasteiger partial charge on any atom is -0.444 e. The number of hydrogen-bond donors (Lipinski definition) is 1. The number of piperidine rings is 1. The molecule has 1 saturated carbocycles. The number of hydrogen-bond acceptors (Lipinski definition) is 3. The average Bonchev–Trinajstić information content (AvgIpc) is 2.90. The lowest BCUT2D eigenvalue weighted by atomic mass is 9.95. The van der Waals surface area contributed by atoms with Crippen LogP contribution in [-0.2, 0) is 9.53 Å². The molecular formula is C16H28N2O3. The van der Waals surface area contributed by atoms with Crippen LogP contribution in [0.5, 0.6) is 0 Å². The summed E-state index contributed by atoms with van der Waals surface area (Å²) in [5.41, 5.74) is -0.465. The highest BCUT2D eigenvalue weighted by Crippen LogP contribution is 2.22. The van der Waals surface area contributed by atoms with Crippen LogP contribution in [0.25, 0.3) is 0 Å². The first kappa shape index (κ1) is 16.1. The van der Waals surface area contributed by atoms with Crippen LogP contribution in [0.1, 0.15) is 59.3 Å². The molecule has 0 aromatic heterocycles. The molecule has 1 aliphatic carbocycles.